The summed E-state index contributed by atoms with van der Waals surface area (Å²) in [5.41, 5.74) is 3.08. The number of hydrogen-bond acceptors (Lipinski definition) is 6. The van der Waals surface area contributed by atoms with Crippen LogP contribution in [0.3, 0.4) is 0 Å². The molecule has 0 fully saturated rings. The minimum absolute atomic E-state index is 0.115. The van der Waals surface area contributed by atoms with E-state index >= 15 is 0 Å². The van der Waals surface area contributed by atoms with Crippen molar-refractivity contribution >= 4 is 12.2 Å². The summed E-state index contributed by atoms with van der Waals surface area (Å²) in [4.78, 5) is 15.8. The molecule has 0 amide bonds. The Bertz CT molecular complexity index is 1240. The molecule has 2 aromatic heterocycles. The molecule has 2 aromatic carbocycles. The minimum atomic E-state index is -0.510. The quantitative estimate of drug-likeness (QED) is 0.273. The molecule has 4 aromatic rings. The number of ether oxygens (including phenoxy) is 1. The second-order valence-corrected chi connectivity index (χ2v) is 8.03. The Morgan fingerprint density at radius 1 is 0.912 bits per heavy atom. The molecular formula is C27H28N2O5. The lowest BCUT2D eigenvalue weighted by molar-refractivity contribution is 0.301. The summed E-state index contributed by atoms with van der Waals surface area (Å²) < 4.78 is 17.2. The summed E-state index contributed by atoms with van der Waals surface area (Å²) in [6.45, 7) is 0.820. The molecule has 0 aliphatic heterocycles. The summed E-state index contributed by atoms with van der Waals surface area (Å²) in [5.74, 6) is 0.713. The van der Waals surface area contributed by atoms with E-state index in [4.69, 9.17) is 9.15 Å². The molecule has 7 heteroatoms. The van der Waals surface area contributed by atoms with E-state index in [-0.39, 0.29) is 5.88 Å². The van der Waals surface area contributed by atoms with Crippen molar-refractivity contribution < 1.29 is 18.7 Å². The maximum absolute atomic E-state index is 11.4. The van der Waals surface area contributed by atoms with Crippen LogP contribution in [-0.4, -0.2) is 14.7 Å². The zero-order valence-electron chi connectivity index (χ0n) is 18.9. The third kappa shape index (κ3) is 6.75. The molecule has 0 aliphatic rings. The van der Waals surface area contributed by atoms with Crippen molar-refractivity contribution in [3.8, 4) is 11.6 Å². The molecule has 34 heavy (non-hydrogen) atoms. The number of aromatic hydroxyl groups is 1. The van der Waals surface area contributed by atoms with Crippen molar-refractivity contribution in [2.75, 3.05) is 0 Å². The maximum Gasteiger partial charge on any atom is 0.421 e. The van der Waals surface area contributed by atoms with Crippen LogP contribution in [0.25, 0.3) is 12.2 Å². The summed E-state index contributed by atoms with van der Waals surface area (Å²) in [6, 6.07) is 18.1. The van der Waals surface area contributed by atoms with Crippen LogP contribution in [0.5, 0.6) is 11.6 Å². The third-order valence-corrected chi connectivity index (χ3v) is 5.46. The Balaban J connectivity index is 1.14. The van der Waals surface area contributed by atoms with Gasteiger partial charge in [-0.25, -0.2) is 14.3 Å². The highest BCUT2D eigenvalue weighted by Gasteiger charge is 2.06. The van der Waals surface area contributed by atoms with Crippen LogP contribution < -0.4 is 10.5 Å². The fraction of sp³-hybridized carbons (Fsp3) is 0.259. The van der Waals surface area contributed by atoms with E-state index in [1.54, 1.807) is 6.26 Å². The number of unbranched alkanes of at least 4 members (excludes halogenated alkanes) is 3. The molecule has 176 valence electrons. The topological polar surface area (TPSA) is 90.6 Å². The fourth-order valence-electron chi connectivity index (χ4n) is 3.59. The van der Waals surface area contributed by atoms with Gasteiger partial charge in [0.15, 0.2) is 6.26 Å². The van der Waals surface area contributed by atoms with Gasteiger partial charge in [0.1, 0.15) is 24.3 Å². The van der Waals surface area contributed by atoms with Gasteiger partial charge in [-0.1, -0.05) is 55.3 Å². The largest absolute Gasteiger partial charge is 0.492 e. The number of aromatic nitrogens is 2. The predicted molar refractivity (Wildman–Crippen MR) is 129 cm³/mol. The third-order valence-electron chi connectivity index (χ3n) is 5.46. The minimum Gasteiger partial charge on any atom is -0.492 e. The Hall–Kier alpha value is -4.00. The monoisotopic (exact) mass is 460 g/mol. The number of nitrogens with zero attached hydrogens (tertiary/aromatic N) is 2. The highest BCUT2D eigenvalue weighted by molar-refractivity contribution is 5.65. The predicted octanol–water partition coefficient (Wildman–Crippen LogP) is 5.69. The number of oxazole rings is 2. The van der Waals surface area contributed by atoms with Crippen LogP contribution in [0.15, 0.2) is 80.8 Å². The van der Waals surface area contributed by atoms with Gasteiger partial charge in [-0.15, -0.1) is 0 Å². The van der Waals surface area contributed by atoms with E-state index in [1.807, 2.05) is 54.6 Å². The maximum atomic E-state index is 11.4. The molecule has 0 unspecified atom stereocenters. The lowest BCUT2D eigenvalue weighted by Crippen LogP contribution is -2.13. The molecule has 2 heterocycles. The lowest BCUT2D eigenvalue weighted by Gasteiger charge is -2.06. The molecule has 0 radical (unpaired) electrons. The van der Waals surface area contributed by atoms with Gasteiger partial charge in [0, 0.05) is 12.6 Å². The number of rotatable bonds is 12. The summed E-state index contributed by atoms with van der Waals surface area (Å²) in [7, 11) is 0. The first kappa shape index (κ1) is 23.2. The molecule has 0 saturated carbocycles. The number of benzene rings is 2. The van der Waals surface area contributed by atoms with Crippen molar-refractivity contribution in [3.63, 3.8) is 0 Å². The van der Waals surface area contributed by atoms with Crippen molar-refractivity contribution in [2.45, 2.75) is 45.3 Å². The second-order valence-electron chi connectivity index (χ2n) is 8.03. The van der Waals surface area contributed by atoms with E-state index in [0.29, 0.717) is 19.0 Å². The molecule has 0 spiro atoms. The molecule has 0 saturated heterocycles. The highest BCUT2D eigenvalue weighted by Crippen LogP contribution is 2.17. The van der Waals surface area contributed by atoms with Gasteiger partial charge in [0.05, 0.1) is 0 Å². The van der Waals surface area contributed by atoms with Gasteiger partial charge in [-0.2, -0.15) is 0 Å². The van der Waals surface area contributed by atoms with Crippen molar-refractivity contribution in [3.05, 3.63) is 100 Å². The molecule has 0 bridgehead atoms. The van der Waals surface area contributed by atoms with Gasteiger partial charge in [-0.05, 0) is 48.6 Å². The Labute approximate surface area is 198 Å². The van der Waals surface area contributed by atoms with Crippen LogP contribution in [-0.2, 0) is 19.6 Å². The van der Waals surface area contributed by atoms with E-state index < -0.39 is 5.76 Å². The SMILES string of the molecule is O=c1occ(O)n1CCCCCCc1ccc(OCc2coc(C=Cc3ccccc3)n2)cc1. The number of aryl methyl sites for hydroxylation is 1. The normalized spacial score (nSPS) is 11.3. The Morgan fingerprint density at radius 2 is 1.71 bits per heavy atom. The van der Waals surface area contributed by atoms with E-state index in [1.165, 1.54) is 10.1 Å². The number of hydrogen-bond donors (Lipinski definition) is 1. The van der Waals surface area contributed by atoms with Crippen LogP contribution in [0.4, 0.5) is 0 Å². The van der Waals surface area contributed by atoms with Crippen LogP contribution >= 0.6 is 0 Å². The molecule has 4 rings (SSSR count). The fourth-order valence-corrected chi connectivity index (χ4v) is 3.59. The Kier molecular flexibility index (Phi) is 8.00. The van der Waals surface area contributed by atoms with Gasteiger partial charge in [0.25, 0.3) is 0 Å². The van der Waals surface area contributed by atoms with Crippen LogP contribution in [0.1, 0.15) is 48.4 Å². The average molecular weight is 461 g/mol. The van der Waals surface area contributed by atoms with Gasteiger partial charge < -0.3 is 18.7 Å². The highest BCUT2D eigenvalue weighted by atomic mass is 16.5. The molecular weight excluding hydrogens is 432 g/mol. The van der Waals surface area contributed by atoms with Crippen molar-refractivity contribution in [1.29, 1.82) is 0 Å². The van der Waals surface area contributed by atoms with E-state index in [2.05, 4.69) is 21.5 Å². The first-order valence-electron chi connectivity index (χ1n) is 11.4. The summed E-state index contributed by atoms with van der Waals surface area (Å²) >= 11 is 0. The van der Waals surface area contributed by atoms with Gasteiger partial charge in [0.2, 0.25) is 11.8 Å². The summed E-state index contributed by atoms with van der Waals surface area (Å²) in [6.07, 6.45) is 11.4. The van der Waals surface area contributed by atoms with E-state index in [9.17, 15) is 9.90 Å². The molecule has 0 aliphatic carbocycles. The van der Waals surface area contributed by atoms with Crippen LogP contribution in [0, 0.1) is 0 Å². The Morgan fingerprint density at radius 3 is 2.47 bits per heavy atom. The van der Waals surface area contributed by atoms with E-state index in [0.717, 1.165) is 55.4 Å². The average Bonchev–Trinajstić information content (AvgIpc) is 3.46. The molecule has 0 atom stereocenters. The van der Waals surface area contributed by atoms with Crippen molar-refractivity contribution in [2.24, 2.45) is 0 Å². The van der Waals surface area contributed by atoms with Crippen molar-refractivity contribution in [1.82, 2.24) is 9.55 Å². The van der Waals surface area contributed by atoms with Gasteiger partial charge >= 0.3 is 5.76 Å². The first-order chi connectivity index (χ1) is 16.7. The van der Waals surface area contributed by atoms with Crippen LogP contribution in [0.2, 0.25) is 0 Å². The molecule has 7 nitrogen and oxygen atoms in total. The smallest absolute Gasteiger partial charge is 0.421 e. The molecule has 1 N–H and O–H groups in total. The van der Waals surface area contributed by atoms with Gasteiger partial charge in [-0.3, -0.25) is 0 Å². The second kappa shape index (κ2) is 11.7. The zero-order valence-corrected chi connectivity index (χ0v) is 18.9. The lowest BCUT2D eigenvalue weighted by atomic mass is 10.1. The summed E-state index contributed by atoms with van der Waals surface area (Å²) in [5, 5.41) is 9.52. The standard InChI is InChI=1S/C27H28N2O5/c30-26-20-34-27(31)29(26)17-7-2-1-4-10-22-11-14-24(15-12-22)32-18-23-19-33-25(28-23)16-13-21-8-5-3-6-9-21/h3,5-6,8-9,11-16,19-20,30H,1-2,4,7,10,17-18H2. The first-order valence-corrected chi connectivity index (χ1v) is 11.4. The zero-order chi connectivity index (χ0) is 23.6.